The molecule has 210 valence electrons. The number of rotatable bonds is 9. The molecule has 2 aromatic rings. The summed E-state index contributed by atoms with van der Waals surface area (Å²) in [5.74, 6) is 0.376. The van der Waals surface area contributed by atoms with E-state index in [1.807, 2.05) is 12.1 Å². The van der Waals surface area contributed by atoms with E-state index in [1.165, 1.54) is 14.2 Å². The van der Waals surface area contributed by atoms with E-state index in [9.17, 15) is 25.5 Å². The third-order valence-corrected chi connectivity index (χ3v) is 7.50. The Morgan fingerprint density at radius 1 is 0.842 bits per heavy atom. The fourth-order valence-corrected chi connectivity index (χ4v) is 5.42. The van der Waals surface area contributed by atoms with Crippen LogP contribution in [0.2, 0.25) is 0 Å². The van der Waals surface area contributed by atoms with E-state index in [4.69, 9.17) is 28.4 Å². The molecule has 11 nitrogen and oxygen atoms in total. The number of aliphatic hydroxyl groups is 4. The van der Waals surface area contributed by atoms with Crippen molar-refractivity contribution in [1.82, 2.24) is 0 Å². The second kappa shape index (κ2) is 11.9. The van der Waals surface area contributed by atoms with Crippen molar-refractivity contribution in [2.75, 3.05) is 48.3 Å². The lowest BCUT2D eigenvalue weighted by molar-refractivity contribution is -0.274. The third-order valence-electron chi connectivity index (χ3n) is 7.50. The highest BCUT2D eigenvalue weighted by molar-refractivity contribution is 5.58. The van der Waals surface area contributed by atoms with E-state index in [-0.39, 0.29) is 48.9 Å². The number of phenols is 1. The molecule has 5 N–H and O–H groups in total. The molecule has 0 unspecified atom stereocenters. The van der Waals surface area contributed by atoms with Crippen molar-refractivity contribution in [3.05, 3.63) is 41.0 Å². The molecule has 1 aliphatic heterocycles. The van der Waals surface area contributed by atoms with Gasteiger partial charge in [-0.15, -0.1) is 0 Å². The van der Waals surface area contributed by atoms with Gasteiger partial charge in [0.15, 0.2) is 29.3 Å². The van der Waals surface area contributed by atoms with Crippen LogP contribution in [0.15, 0.2) is 24.3 Å². The average Bonchev–Trinajstić information content (AvgIpc) is 2.94. The third kappa shape index (κ3) is 5.22. The number of hydrogen-bond acceptors (Lipinski definition) is 11. The van der Waals surface area contributed by atoms with Gasteiger partial charge in [-0.3, -0.25) is 0 Å². The van der Waals surface area contributed by atoms with Gasteiger partial charge in [0.2, 0.25) is 5.75 Å². The first kappa shape index (κ1) is 28.2. The lowest BCUT2D eigenvalue weighted by atomic mass is 9.66. The maximum atomic E-state index is 10.5. The van der Waals surface area contributed by atoms with Gasteiger partial charge in [-0.2, -0.15) is 0 Å². The molecule has 0 spiro atoms. The minimum atomic E-state index is -1.45. The number of hydrogen-bond donors (Lipinski definition) is 5. The Labute approximate surface area is 221 Å². The van der Waals surface area contributed by atoms with Gasteiger partial charge in [-0.1, -0.05) is 0 Å². The average molecular weight is 537 g/mol. The molecule has 11 heteroatoms. The van der Waals surface area contributed by atoms with Crippen LogP contribution in [0.25, 0.3) is 0 Å². The van der Waals surface area contributed by atoms with Crippen LogP contribution in [0, 0.1) is 11.8 Å². The van der Waals surface area contributed by atoms with Crippen molar-refractivity contribution in [2.24, 2.45) is 11.8 Å². The molecule has 0 saturated carbocycles. The summed E-state index contributed by atoms with van der Waals surface area (Å²) in [4.78, 5) is 0. The minimum Gasteiger partial charge on any atom is -0.502 e. The van der Waals surface area contributed by atoms with E-state index in [0.717, 1.165) is 16.7 Å². The lowest BCUT2D eigenvalue weighted by Crippen LogP contribution is -2.54. The Morgan fingerprint density at radius 2 is 1.45 bits per heavy atom. The first-order chi connectivity index (χ1) is 18.3. The van der Waals surface area contributed by atoms with Crippen molar-refractivity contribution in [3.63, 3.8) is 0 Å². The van der Waals surface area contributed by atoms with Gasteiger partial charge in [0.25, 0.3) is 0 Å². The zero-order valence-electron chi connectivity index (χ0n) is 21.9. The molecule has 0 bridgehead atoms. The topological polar surface area (TPSA) is 157 Å². The summed E-state index contributed by atoms with van der Waals surface area (Å²) in [6.07, 6.45) is -4.72. The van der Waals surface area contributed by atoms with E-state index < -0.39 is 30.5 Å². The maximum absolute atomic E-state index is 10.5. The zero-order valence-corrected chi connectivity index (χ0v) is 21.9. The van der Waals surface area contributed by atoms with Gasteiger partial charge in [-0.05, 0) is 59.2 Å². The number of methoxy groups -OCH3 is 4. The highest BCUT2D eigenvalue weighted by Crippen LogP contribution is 2.50. The van der Waals surface area contributed by atoms with Crippen molar-refractivity contribution in [1.29, 1.82) is 0 Å². The van der Waals surface area contributed by atoms with Crippen LogP contribution in [0.3, 0.4) is 0 Å². The molecule has 38 heavy (non-hydrogen) atoms. The minimum absolute atomic E-state index is 0.0414. The molecule has 1 aliphatic carbocycles. The van der Waals surface area contributed by atoms with Gasteiger partial charge in [-0.25, -0.2) is 0 Å². The van der Waals surface area contributed by atoms with Gasteiger partial charge in [0.05, 0.1) is 41.7 Å². The summed E-state index contributed by atoms with van der Waals surface area (Å²) < 4.78 is 33.3. The van der Waals surface area contributed by atoms with Gasteiger partial charge in [0.1, 0.15) is 18.3 Å². The summed E-state index contributed by atoms with van der Waals surface area (Å²) in [6.45, 7) is -0.299. The van der Waals surface area contributed by atoms with Crippen LogP contribution in [-0.4, -0.2) is 98.4 Å². The fourth-order valence-electron chi connectivity index (χ4n) is 5.42. The highest BCUT2D eigenvalue weighted by atomic mass is 16.7. The summed E-state index contributed by atoms with van der Waals surface area (Å²) in [5, 5.41) is 51.2. The molecule has 1 fully saturated rings. The Morgan fingerprint density at radius 3 is 2.03 bits per heavy atom. The van der Waals surface area contributed by atoms with Crippen LogP contribution >= 0.6 is 0 Å². The maximum Gasteiger partial charge on any atom is 0.200 e. The van der Waals surface area contributed by atoms with E-state index in [0.29, 0.717) is 17.9 Å². The largest absolute Gasteiger partial charge is 0.502 e. The first-order valence-electron chi connectivity index (χ1n) is 12.4. The number of aromatic hydroxyl groups is 1. The Bertz CT molecular complexity index is 1080. The number of benzene rings is 2. The van der Waals surface area contributed by atoms with Crippen molar-refractivity contribution >= 4 is 0 Å². The summed E-state index contributed by atoms with van der Waals surface area (Å²) in [6, 6.07) is 7.20. The standard InChI is InChI=1S/C27H36O11/c1-33-19-6-13-5-15(10-28)17(11-37-27-26(32)24(30)18(29)12-38-27)23(16(13)9-20(19)34-2)14-7-21(35-3)25(31)22(8-14)36-4/h6-9,15,17-18,23-24,26-32H,5,10-12H2,1-4H3/t15-,17+,18+,23+,24-,26+,27+/m0/s1. The van der Waals surface area contributed by atoms with Crippen LogP contribution in [0.1, 0.15) is 22.6 Å². The number of fused-ring (bicyclic) bond motifs is 1. The lowest BCUT2D eigenvalue weighted by Gasteiger charge is -2.41. The molecular weight excluding hydrogens is 500 g/mol. The molecule has 0 amide bonds. The van der Waals surface area contributed by atoms with E-state index in [2.05, 4.69) is 0 Å². The molecule has 4 rings (SSSR count). The predicted molar refractivity (Wildman–Crippen MR) is 134 cm³/mol. The fraction of sp³-hybridized carbons (Fsp3) is 0.556. The predicted octanol–water partition coefficient (Wildman–Crippen LogP) is 0.795. The second-order valence-electron chi connectivity index (χ2n) is 9.55. The summed E-state index contributed by atoms with van der Waals surface area (Å²) in [7, 11) is 5.99. The number of phenolic OH excluding ortho intramolecular Hbond substituents is 1. The Hall–Kier alpha value is -2.80. The molecule has 7 atom stereocenters. The molecule has 0 aromatic heterocycles. The van der Waals surface area contributed by atoms with E-state index >= 15 is 0 Å². The van der Waals surface area contributed by atoms with Gasteiger partial charge in [0, 0.05) is 12.5 Å². The monoisotopic (exact) mass is 536 g/mol. The normalized spacial score (nSPS) is 28.9. The van der Waals surface area contributed by atoms with Crippen LogP contribution in [0.5, 0.6) is 28.7 Å². The molecular formula is C27H36O11. The summed E-state index contributed by atoms with van der Waals surface area (Å²) >= 11 is 0. The molecule has 1 saturated heterocycles. The van der Waals surface area contributed by atoms with Crippen LogP contribution in [-0.2, 0) is 15.9 Å². The first-order valence-corrected chi connectivity index (χ1v) is 12.4. The molecule has 2 aromatic carbocycles. The van der Waals surface area contributed by atoms with Crippen molar-refractivity contribution < 1.29 is 54.0 Å². The SMILES string of the molecule is COc1cc2c(cc1OC)[C@@H](c1cc(OC)c(O)c(OC)c1)[C@H](CO[C@@H]1OC[C@@H](O)[C@H](O)[C@H]1O)[C@H](CO)C2. The number of aliphatic hydroxyl groups excluding tert-OH is 4. The Kier molecular flexibility index (Phi) is 8.86. The van der Waals surface area contributed by atoms with Gasteiger partial charge < -0.3 is 54.0 Å². The second-order valence-corrected chi connectivity index (χ2v) is 9.55. The Balaban J connectivity index is 1.80. The van der Waals surface area contributed by atoms with Crippen LogP contribution < -0.4 is 18.9 Å². The zero-order chi connectivity index (χ0) is 27.6. The van der Waals surface area contributed by atoms with Gasteiger partial charge >= 0.3 is 0 Å². The quantitative estimate of drug-likeness (QED) is 0.309. The van der Waals surface area contributed by atoms with E-state index in [1.54, 1.807) is 26.4 Å². The molecule has 1 heterocycles. The molecule has 2 aliphatic rings. The van der Waals surface area contributed by atoms with Crippen molar-refractivity contribution in [3.8, 4) is 28.7 Å². The molecule has 0 radical (unpaired) electrons. The number of ether oxygens (including phenoxy) is 6. The smallest absolute Gasteiger partial charge is 0.200 e. The highest BCUT2D eigenvalue weighted by Gasteiger charge is 2.42. The van der Waals surface area contributed by atoms with Crippen LogP contribution in [0.4, 0.5) is 0 Å². The van der Waals surface area contributed by atoms with Crippen molar-refractivity contribution in [2.45, 2.75) is 36.9 Å². The summed E-state index contributed by atoms with van der Waals surface area (Å²) in [5.41, 5.74) is 2.58.